The van der Waals surface area contributed by atoms with Gasteiger partial charge in [0.15, 0.2) is 0 Å². The summed E-state index contributed by atoms with van der Waals surface area (Å²) in [5.41, 5.74) is -0.459. The van der Waals surface area contributed by atoms with Crippen molar-refractivity contribution >= 4 is 17.5 Å². The van der Waals surface area contributed by atoms with Crippen LogP contribution in [0.15, 0.2) is 18.2 Å². The monoisotopic (exact) mass is 240 g/mol. The normalized spacial score (nSPS) is 24.8. The van der Waals surface area contributed by atoms with Crippen LogP contribution in [0.5, 0.6) is 0 Å². The maximum Gasteiger partial charge on any atom is 0.272 e. The first-order chi connectivity index (χ1) is 7.48. The topological polar surface area (TPSA) is 53.4 Å². The van der Waals surface area contributed by atoms with Gasteiger partial charge in [-0.1, -0.05) is 17.7 Å². The summed E-state index contributed by atoms with van der Waals surface area (Å²) in [5, 5.41) is 10.1. The number of pyridine rings is 1. The van der Waals surface area contributed by atoms with Crippen molar-refractivity contribution in [2.45, 2.75) is 18.9 Å². The second kappa shape index (κ2) is 4.03. The third kappa shape index (κ3) is 2.33. The third-order valence-electron chi connectivity index (χ3n) is 2.67. The van der Waals surface area contributed by atoms with Gasteiger partial charge in [0.1, 0.15) is 10.8 Å². The van der Waals surface area contributed by atoms with E-state index in [1.165, 1.54) is 0 Å². The number of amides is 1. The van der Waals surface area contributed by atoms with Crippen molar-refractivity contribution in [1.29, 1.82) is 0 Å². The molecule has 0 aromatic carbocycles. The Labute approximate surface area is 98.9 Å². The van der Waals surface area contributed by atoms with Gasteiger partial charge in [0.2, 0.25) is 0 Å². The van der Waals surface area contributed by atoms with Crippen LogP contribution in [0.25, 0.3) is 0 Å². The van der Waals surface area contributed by atoms with E-state index in [0.717, 1.165) is 0 Å². The molecule has 16 heavy (non-hydrogen) atoms. The average molecular weight is 241 g/mol. The molecule has 0 saturated carbocycles. The first kappa shape index (κ1) is 11.4. The number of carbonyl (C=O) groups is 1. The van der Waals surface area contributed by atoms with Gasteiger partial charge in [0, 0.05) is 13.1 Å². The van der Waals surface area contributed by atoms with E-state index in [1.807, 2.05) is 0 Å². The van der Waals surface area contributed by atoms with Gasteiger partial charge in [-0.05, 0) is 25.5 Å². The van der Waals surface area contributed by atoms with Gasteiger partial charge in [0.25, 0.3) is 5.91 Å². The number of halogens is 1. The number of β-amino-alcohol motifs (C(OH)–C–C–N with tert-alkyl or cyclic N) is 1. The molecule has 2 rings (SSSR count). The summed E-state index contributed by atoms with van der Waals surface area (Å²) < 4.78 is 0. The molecule has 4 nitrogen and oxygen atoms in total. The molecule has 1 fully saturated rings. The number of hydrogen-bond acceptors (Lipinski definition) is 3. The summed E-state index contributed by atoms with van der Waals surface area (Å²) in [6.45, 7) is 2.63. The molecule has 1 aliphatic rings. The van der Waals surface area contributed by atoms with Crippen molar-refractivity contribution in [3.63, 3.8) is 0 Å². The molecule has 86 valence electrons. The highest BCUT2D eigenvalue weighted by Gasteiger charge is 2.34. The minimum atomic E-state index is -0.783. The SMILES string of the molecule is CC1(O)CCN(C(=O)c2cccc(Cl)n2)C1. The molecule has 5 heteroatoms. The zero-order valence-corrected chi connectivity index (χ0v) is 9.74. The number of nitrogens with zero attached hydrogens (tertiary/aromatic N) is 2. The molecule has 1 unspecified atom stereocenters. The lowest BCUT2D eigenvalue weighted by atomic mass is 10.1. The Morgan fingerprint density at radius 2 is 2.38 bits per heavy atom. The van der Waals surface area contributed by atoms with Gasteiger partial charge in [-0.2, -0.15) is 0 Å². The molecular weight excluding hydrogens is 228 g/mol. The van der Waals surface area contributed by atoms with Crippen LogP contribution >= 0.6 is 11.6 Å². The summed E-state index contributed by atoms with van der Waals surface area (Å²) in [6.07, 6.45) is 0.597. The van der Waals surface area contributed by atoms with Crippen molar-refractivity contribution in [2.75, 3.05) is 13.1 Å². The minimum Gasteiger partial charge on any atom is -0.388 e. The van der Waals surface area contributed by atoms with Crippen LogP contribution in [0.2, 0.25) is 5.15 Å². The standard InChI is InChI=1S/C11H13ClN2O2/c1-11(16)5-6-14(7-11)10(15)8-3-2-4-9(12)13-8/h2-4,16H,5-7H2,1H3. The molecular formula is C11H13ClN2O2. The Kier molecular flexibility index (Phi) is 2.86. The second-order valence-corrected chi connectivity index (χ2v) is 4.71. The number of carbonyl (C=O) groups excluding carboxylic acids is 1. The fourth-order valence-corrected chi connectivity index (χ4v) is 1.97. The quantitative estimate of drug-likeness (QED) is 0.754. The number of hydrogen-bond donors (Lipinski definition) is 1. The van der Waals surface area contributed by atoms with E-state index in [0.29, 0.717) is 30.4 Å². The lowest BCUT2D eigenvalue weighted by molar-refractivity contribution is 0.0569. The third-order valence-corrected chi connectivity index (χ3v) is 2.88. The van der Waals surface area contributed by atoms with Gasteiger partial charge in [-0.3, -0.25) is 4.79 Å². The summed E-state index contributed by atoms with van der Waals surface area (Å²) in [4.78, 5) is 17.5. The molecule has 0 bridgehead atoms. The van der Waals surface area contributed by atoms with E-state index in [9.17, 15) is 9.90 Å². The maximum atomic E-state index is 12.0. The van der Waals surface area contributed by atoms with Crippen molar-refractivity contribution < 1.29 is 9.90 Å². The van der Waals surface area contributed by atoms with Crippen molar-refractivity contribution in [3.8, 4) is 0 Å². The van der Waals surface area contributed by atoms with E-state index in [1.54, 1.807) is 30.0 Å². The van der Waals surface area contributed by atoms with E-state index in [4.69, 9.17) is 11.6 Å². The van der Waals surface area contributed by atoms with E-state index in [2.05, 4.69) is 4.98 Å². The van der Waals surface area contributed by atoms with Crippen LogP contribution in [-0.2, 0) is 0 Å². The Morgan fingerprint density at radius 1 is 1.62 bits per heavy atom. The molecule has 1 N–H and O–H groups in total. The first-order valence-corrected chi connectivity index (χ1v) is 5.50. The zero-order valence-electron chi connectivity index (χ0n) is 8.98. The van der Waals surface area contributed by atoms with Crippen LogP contribution in [0.4, 0.5) is 0 Å². The summed E-state index contributed by atoms with van der Waals surface area (Å²) in [6, 6.07) is 4.94. The first-order valence-electron chi connectivity index (χ1n) is 5.12. The van der Waals surface area contributed by atoms with Crippen LogP contribution in [0, 0.1) is 0 Å². The fraction of sp³-hybridized carbons (Fsp3) is 0.455. The van der Waals surface area contributed by atoms with Crippen LogP contribution in [0.1, 0.15) is 23.8 Å². The maximum absolute atomic E-state index is 12.0. The lowest BCUT2D eigenvalue weighted by Gasteiger charge is -2.18. The molecule has 1 aliphatic heterocycles. The van der Waals surface area contributed by atoms with Gasteiger partial charge < -0.3 is 10.0 Å². The number of aromatic nitrogens is 1. The predicted molar refractivity (Wildman–Crippen MR) is 60.4 cm³/mol. The molecule has 0 spiro atoms. The Hall–Kier alpha value is -1.13. The van der Waals surface area contributed by atoms with E-state index in [-0.39, 0.29) is 5.91 Å². The lowest BCUT2D eigenvalue weighted by Crippen LogP contribution is -2.34. The highest BCUT2D eigenvalue weighted by Crippen LogP contribution is 2.21. The number of aliphatic hydroxyl groups is 1. The second-order valence-electron chi connectivity index (χ2n) is 4.32. The van der Waals surface area contributed by atoms with Crippen LogP contribution < -0.4 is 0 Å². The van der Waals surface area contributed by atoms with Crippen molar-refractivity contribution in [3.05, 3.63) is 29.0 Å². The molecule has 0 aliphatic carbocycles. The molecule has 1 aromatic heterocycles. The van der Waals surface area contributed by atoms with E-state index < -0.39 is 5.60 Å². The van der Waals surface area contributed by atoms with Gasteiger partial charge >= 0.3 is 0 Å². The Morgan fingerprint density at radius 3 is 2.94 bits per heavy atom. The minimum absolute atomic E-state index is 0.180. The Balaban J connectivity index is 2.15. The molecule has 1 atom stereocenters. The molecule has 2 heterocycles. The van der Waals surface area contributed by atoms with Crippen LogP contribution in [-0.4, -0.2) is 39.6 Å². The van der Waals surface area contributed by atoms with Gasteiger partial charge in [-0.15, -0.1) is 0 Å². The zero-order chi connectivity index (χ0) is 11.8. The summed E-state index contributed by atoms with van der Waals surface area (Å²) in [5.74, 6) is -0.180. The van der Waals surface area contributed by atoms with Crippen molar-refractivity contribution in [2.24, 2.45) is 0 Å². The molecule has 0 radical (unpaired) electrons. The fourth-order valence-electron chi connectivity index (χ4n) is 1.81. The van der Waals surface area contributed by atoms with Crippen LogP contribution in [0.3, 0.4) is 0 Å². The highest BCUT2D eigenvalue weighted by molar-refractivity contribution is 6.29. The molecule has 1 saturated heterocycles. The number of likely N-dealkylation sites (tertiary alicyclic amines) is 1. The van der Waals surface area contributed by atoms with Gasteiger partial charge in [-0.25, -0.2) is 4.98 Å². The predicted octanol–water partition coefficient (Wildman–Crippen LogP) is 1.33. The summed E-state index contributed by atoms with van der Waals surface area (Å²) >= 11 is 5.72. The van der Waals surface area contributed by atoms with E-state index >= 15 is 0 Å². The Bertz CT molecular complexity index is 420. The van der Waals surface area contributed by atoms with Crippen molar-refractivity contribution in [1.82, 2.24) is 9.88 Å². The number of rotatable bonds is 1. The van der Waals surface area contributed by atoms with Gasteiger partial charge in [0.05, 0.1) is 5.60 Å². The average Bonchev–Trinajstić information content (AvgIpc) is 2.58. The largest absolute Gasteiger partial charge is 0.388 e. The summed E-state index contributed by atoms with van der Waals surface area (Å²) in [7, 11) is 0. The highest BCUT2D eigenvalue weighted by atomic mass is 35.5. The molecule has 1 amide bonds. The molecule has 1 aromatic rings. The smallest absolute Gasteiger partial charge is 0.272 e.